The van der Waals surface area contributed by atoms with Crippen LogP contribution in [0.4, 0.5) is 17.4 Å². The molecule has 9 heteroatoms. The van der Waals surface area contributed by atoms with E-state index in [9.17, 15) is 5.11 Å². The van der Waals surface area contributed by atoms with E-state index < -0.39 is 12.4 Å². The first kappa shape index (κ1) is 22.3. The number of aliphatic imine (C=N–C) groups is 1. The molecule has 2 atom stereocenters. The summed E-state index contributed by atoms with van der Waals surface area (Å²) in [5, 5.41) is 25.5. The lowest BCUT2D eigenvalue weighted by atomic mass is 10.0. The van der Waals surface area contributed by atoms with Gasteiger partial charge in [-0.1, -0.05) is 53.6 Å². The number of rotatable bonds is 5. The van der Waals surface area contributed by atoms with Crippen molar-refractivity contribution in [3.63, 3.8) is 0 Å². The summed E-state index contributed by atoms with van der Waals surface area (Å²) in [5.41, 5.74) is 5.34. The summed E-state index contributed by atoms with van der Waals surface area (Å²) in [6.07, 6.45) is -1.78. The third-order valence-corrected chi connectivity index (χ3v) is 6.29. The highest BCUT2D eigenvalue weighted by atomic mass is 16.5. The van der Waals surface area contributed by atoms with E-state index in [2.05, 4.69) is 25.7 Å². The van der Waals surface area contributed by atoms with Gasteiger partial charge in [0, 0.05) is 41.2 Å². The van der Waals surface area contributed by atoms with E-state index in [1.165, 1.54) is 0 Å². The summed E-state index contributed by atoms with van der Waals surface area (Å²) in [4.78, 5) is 7.14. The van der Waals surface area contributed by atoms with Crippen LogP contribution in [0, 0.1) is 0 Å². The van der Waals surface area contributed by atoms with Crippen LogP contribution in [-0.2, 0) is 4.74 Å². The Morgan fingerprint density at radius 1 is 0.861 bits per heavy atom. The molecule has 1 unspecified atom stereocenters. The summed E-state index contributed by atoms with van der Waals surface area (Å²) in [7, 11) is 0. The van der Waals surface area contributed by atoms with E-state index in [1.54, 1.807) is 0 Å². The van der Waals surface area contributed by atoms with E-state index in [1.807, 2.05) is 78.9 Å². The fourth-order valence-electron chi connectivity index (χ4n) is 4.43. The molecule has 3 aromatic carbocycles. The molecule has 0 aliphatic carbocycles. The topological polar surface area (TPSA) is 108 Å². The summed E-state index contributed by atoms with van der Waals surface area (Å²) >= 11 is 0. The van der Waals surface area contributed by atoms with Crippen LogP contribution in [0.25, 0.3) is 11.5 Å². The van der Waals surface area contributed by atoms with Crippen molar-refractivity contribution in [3.8, 4) is 11.5 Å². The Balaban J connectivity index is 1.25. The second-order valence-corrected chi connectivity index (χ2v) is 8.63. The van der Waals surface area contributed by atoms with Crippen LogP contribution in [-0.4, -0.2) is 59.7 Å². The van der Waals surface area contributed by atoms with Gasteiger partial charge in [-0.3, -0.25) is 4.99 Å². The summed E-state index contributed by atoms with van der Waals surface area (Å²) in [5.74, 6) is 0.387. The van der Waals surface area contributed by atoms with Crippen LogP contribution < -0.4 is 15.5 Å². The zero-order valence-electron chi connectivity index (χ0n) is 19.5. The van der Waals surface area contributed by atoms with Crippen LogP contribution in [0.3, 0.4) is 0 Å². The summed E-state index contributed by atoms with van der Waals surface area (Å²) in [6, 6.07) is 25.9. The molecule has 9 nitrogen and oxygen atoms in total. The minimum atomic E-state index is -1.02. The number of benzodiazepines with no additional fused rings is 1. The molecule has 3 N–H and O–H groups in total. The summed E-state index contributed by atoms with van der Waals surface area (Å²) in [6.45, 7) is 3.23. The lowest BCUT2D eigenvalue weighted by Crippen LogP contribution is -2.37. The van der Waals surface area contributed by atoms with Crippen molar-refractivity contribution in [2.75, 3.05) is 41.8 Å². The number of ether oxygens (including phenoxy) is 1. The molecule has 1 fully saturated rings. The van der Waals surface area contributed by atoms with Gasteiger partial charge in [0.15, 0.2) is 12.4 Å². The van der Waals surface area contributed by atoms with Crippen molar-refractivity contribution in [2.45, 2.75) is 12.4 Å². The summed E-state index contributed by atoms with van der Waals surface area (Å²) < 4.78 is 11.3. The fourth-order valence-corrected chi connectivity index (χ4v) is 4.43. The molecule has 1 aromatic heterocycles. The molecule has 36 heavy (non-hydrogen) atoms. The van der Waals surface area contributed by atoms with Gasteiger partial charge in [-0.15, -0.1) is 5.10 Å². The first-order valence-corrected chi connectivity index (χ1v) is 11.9. The third-order valence-electron chi connectivity index (χ3n) is 6.29. The molecular formula is C27H26N6O3. The van der Waals surface area contributed by atoms with Crippen molar-refractivity contribution >= 4 is 23.1 Å². The average molecular weight is 483 g/mol. The number of aliphatic hydroxyl groups is 1. The van der Waals surface area contributed by atoms with Gasteiger partial charge in [-0.05, 0) is 30.3 Å². The van der Waals surface area contributed by atoms with Crippen LogP contribution >= 0.6 is 0 Å². The maximum absolute atomic E-state index is 10.9. The number of para-hydroxylation sites is 1. The minimum Gasteiger partial charge on any atom is -0.403 e. The Morgan fingerprint density at radius 2 is 1.61 bits per heavy atom. The molecule has 2 aliphatic rings. The average Bonchev–Trinajstić information content (AvgIpc) is 3.36. The van der Waals surface area contributed by atoms with Gasteiger partial charge in [0.1, 0.15) is 0 Å². The number of fused-ring (bicyclic) bond motifs is 1. The van der Waals surface area contributed by atoms with Gasteiger partial charge < -0.3 is 29.8 Å². The quantitative estimate of drug-likeness (QED) is 0.396. The highest BCUT2D eigenvalue weighted by Gasteiger charge is 2.27. The van der Waals surface area contributed by atoms with Crippen LogP contribution in [0.1, 0.15) is 11.1 Å². The molecule has 6 rings (SSSR count). The molecule has 0 radical (unpaired) electrons. The number of morpholine rings is 1. The SMILES string of the molecule is OC1Nc2ccccc2C(c2ccccc2)=N[C@@H]1Nc1nnc(-c2ccc(N3CCOCC3)cc2)o1. The zero-order chi connectivity index (χ0) is 24.3. The molecule has 2 aliphatic heterocycles. The van der Waals surface area contributed by atoms with Gasteiger partial charge in [0.25, 0.3) is 0 Å². The number of hydrogen-bond donors (Lipinski definition) is 3. The van der Waals surface area contributed by atoms with E-state index in [0.717, 1.165) is 60.1 Å². The molecule has 0 saturated carbocycles. The monoisotopic (exact) mass is 482 g/mol. The maximum atomic E-state index is 10.9. The van der Waals surface area contributed by atoms with Crippen LogP contribution in [0.2, 0.25) is 0 Å². The molecule has 4 aromatic rings. The molecule has 0 amide bonds. The highest BCUT2D eigenvalue weighted by Crippen LogP contribution is 2.27. The molecule has 3 heterocycles. The number of hydrogen-bond acceptors (Lipinski definition) is 9. The second-order valence-electron chi connectivity index (χ2n) is 8.63. The standard InChI is InChI=1S/C27H26N6O3/c34-25-24(29-23(18-6-2-1-3-7-18)21-8-4-5-9-22(21)28-25)30-27-32-31-26(36-27)19-10-12-20(13-11-19)33-14-16-35-17-15-33/h1-13,24-25,28,34H,14-17H2,(H,30,32)/t24-,25?/m1/s1. The third kappa shape index (κ3) is 4.53. The van der Waals surface area contributed by atoms with Gasteiger partial charge in [-0.2, -0.15) is 0 Å². The Morgan fingerprint density at radius 3 is 2.42 bits per heavy atom. The van der Waals surface area contributed by atoms with Crippen LogP contribution in [0.15, 0.2) is 88.3 Å². The zero-order valence-corrected chi connectivity index (χ0v) is 19.5. The normalized spacial score (nSPS) is 19.6. The smallest absolute Gasteiger partial charge is 0.317 e. The largest absolute Gasteiger partial charge is 0.403 e. The number of aliphatic hydroxyl groups excluding tert-OH is 1. The molecule has 0 bridgehead atoms. The van der Waals surface area contributed by atoms with Crippen molar-refractivity contribution in [2.24, 2.45) is 4.99 Å². The maximum Gasteiger partial charge on any atom is 0.317 e. The van der Waals surface area contributed by atoms with E-state index in [-0.39, 0.29) is 6.01 Å². The Bertz CT molecular complexity index is 1350. The van der Waals surface area contributed by atoms with Gasteiger partial charge in [-0.25, -0.2) is 0 Å². The fraction of sp³-hybridized carbons (Fsp3) is 0.222. The first-order valence-electron chi connectivity index (χ1n) is 11.9. The van der Waals surface area contributed by atoms with Crippen molar-refractivity contribution < 1.29 is 14.3 Å². The van der Waals surface area contributed by atoms with Crippen molar-refractivity contribution in [1.82, 2.24) is 10.2 Å². The van der Waals surface area contributed by atoms with Crippen LogP contribution in [0.5, 0.6) is 0 Å². The Hall–Kier alpha value is -4.21. The van der Waals surface area contributed by atoms with Gasteiger partial charge in [0.2, 0.25) is 5.89 Å². The molecule has 1 saturated heterocycles. The number of benzene rings is 3. The molecular weight excluding hydrogens is 456 g/mol. The Labute approximate surface area is 208 Å². The highest BCUT2D eigenvalue weighted by molar-refractivity contribution is 6.16. The van der Waals surface area contributed by atoms with E-state index in [4.69, 9.17) is 14.1 Å². The lowest BCUT2D eigenvalue weighted by molar-refractivity contribution is 0.122. The van der Waals surface area contributed by atoms with E-state index >= 15 is 0 Å². The number of aromatic nitrogens is 2. The lowest BCUT2D eigenvalue weighted by Gasteiger charge is -2.28. The Kier molecular flexibility index (Phi) is 6.06. The van der Waals surface area contributed by atoms with Gasteiger partial charge in [0.05, 0.1) is 18.9 Å². The number of nitrogens with zero attached hydrogens (tertiary/aromatic N) is 4. The van der Waals surface area contributed by atoms with Gasteiger partial charge >= 0.3 is 6.01 Å². The predicted octanol–water partition coefficient (Wildman–Crippen LogP) is 3.59. The van der Waals surface area contributed by atoms with Crippen molar-refractivity contribution in [1.29, 1.82) is 0 Å². The number of anilines is 3. The number of nitrogens with one attached hydrogen (secondary N) is 2. The first-order chi connectivity index (χ1) is 17.7. The minimum absolute atomic E-state index is 0.176. The second kappa shape index (κ2) is 9.80. The predicted molar refractivity (Wildman–Crippen MR) is 138 cm³/mol. The van der Waals surface area contributed by atoms with E-state index in [0.29, 0.717) is 5.89 Å². The molecule has 0 spiro atoms. The van der Waals surface area contributed by atoms with Crippen molar-refractivity contribution in [3.05, 3.63) is 90.0 Å². The molecule has 182 valence electrons.